The molecule has 0 radical (unpaired) electrons. The lowest BCUT2D eigenvalue weighted by Crippen LogP contribution is -2.20. The second-order valence-electron chi connectivity index (χ2n) is 6.18. The van der Waals surface area contributed by atoms with Crippen LogP contribution in [0.5, 0.6) is 0 Å². The Morgan fingerprint density at radius 3 is 1.74 bits per heavy atom. The lowest BCUT2D eigenvalue weighted by molar-refractivity contribution is -0.0164. The van der Waals surface area contributed by atoms with E-state index in [4.69, 9.17) is 14.2 Å². The van der Waals surface area contributed by atoms with Gasteiger partial charge in [0, 0.05) is 13.2 Å². The molecule has 0 bridgehead atoms. The van der Waals surface area contributed by atoms with Crippen LogP contribution < -0.4 is 0 Å². The van der Waals surface area contributed by atoms with Crippen molar-refractivity contribution in [1.29, 1.82) is 0 Å². The minimum Gasteiger partial charge on any atom is -0.378 e. The van der Waals surface area contributed by atoms with Crippen LogP contribution >= 0.6 is 0 Å². The van der Waals surface area contributed by atoms with Crippen molar-refractivity contribution in [2.24, 2.45) is 0 Å². The Morgan fingerprint density at radius 1 is 0.895 bits per heavy atom. The number of hydrogen-bond donors (Lipinski definition) is 0. The largest absolute Gasteiger partial charge is 0.378 e. The molecule has 0 aromatic rings. The monoisotopic (exact) mass is 270 g/mol. The first-order chi connectivity index (χ1) is 9.24. The van der Waals surface area contributed by atoms with Gasteiger partial charge in [0.25, 0.3) is 0 Å². The summed E-state index contributed by atoms with van der Waals surface area (Å²) in [5.41, 5.74) is 0. The van der Waals surface area contributed by atoms with Crippen LogP contribution in [0.2, 0.25) is 0 Å². The molecule has 112 valence electrons. The van der Waals surface area contributed by atoms with E-state index in [-0.39, 0.29) is 0 Å². The Bertz CT molecular complexity index is 208. The van der Waals surface area contributed by atoms with Crippen molar-refractivity contribution in [3.8, 4) is 0 Å². The summed E-state index contributed by atoms with van der Waals surface area (Å²) in [4.78, 5) is 0. The molecule has 2 aliphatic rings. The fourth-order valence-corrected chi connectivity index (χ4v) is 3.12. The third-order valence-electron chi connectivity index (χ3n) is 4.30. The molecule has 0 amide bonds. The van der Waals surface area contributed by atoms with Crippen LogP contribution in [-0.4, -0.2) is 37.6 Å². The van der Waals surface area contributed by atoms with Crippen LogP contribution in [0.3, 0.4) is 0 Å². The van der Waals surface area contributed by atoms with Crippen molar-refractivity contribution >= 4 is 0 Å². The van der Waals surface area contributed by atoms with Gasteiger partial charge < -0.3 is 14.2 Å². The number of rotatable bonds is 8. The molecule has 0 N–H and O–H groups in total. The minimum absolute atomic E-state index is 0.351. The molecule has 4 atom stereocenters. The average Bonchev–Trinajstić information content (AvgIpc) is 3.07. The van der Waals surface area contributed by atoms with Gasteiger partial charge in [-0.3, -0.25) is 0 Å². The van der Waals surface area contributed by atoms with E-state index in [1.807, 2.05) is 0 Å². The Hall–Kier alpha value is -0.120. The van der Waals surface area contributed by atoms with Gasteiger partial charge in [-0.1, -0.05) is 0 Å². The topological polar surface area (TPSA) is 27.7 Å². The van der Waals surface area contributed by atoms with Crippen molar-refractivity contribution in [2.75, 3.05) is 13.2 Å². The van der Waals surface area contributed by atoms with E-state index in [0.29, 0.717) is 24.4 Å². The second kappa shape index (κ2) is 8.23. The van der Waals surface area contributed by atoms with Gasteiger partial charge in [0.05, 0.1) is 24.4 Å². The molecule has 0 aromatic heterocycles. The maximum absolute atomic E-state index is 6.06. The summed E-state index contributed by atoms with van der Waals surface area (Å²) in [7, 11) is 0. The van der Waals surface area contributed by atoms with Crippen LogP contribution in [0.15, 0.2) is 0 Å². The summed E-state index contributed by atoms with van der Waals surface area (Å²) in [6, 6.07) is 0. The molecular weight excluding hydrogens is 240 g/mol. The average molecular weight is 270 g/mol. The van der Waals surface area contributed by atoms with Crippen LogP contribution in [0.25, 0.3) is 0 Å². The van der Waals surface area contributed by atoms with Crippen molar-refractivity contribution < 1.29 is 14.2 Å². The molecule has 2 fully saturated rings. The predicted molar refractivity (Wildman–Crippen MR) is 76.4 cm³/mol. The zero-order valence-corrected chi connectivity index (χ0v) is 12.6. The van der Waals surface area contributed by atoms with Gasteiger partial charge in [-0.15, -0.1) is 0 Å². The fourth-order valence-electron chi connectivity index (χ4n) is 3.12. The van der Waals surface area contributed by atoms with Crippen molar-refractivity contribution in [1.82, 2.24) is 0 Å². The molecule has 2 rings (SSSR count). The number of ether oxygens (including phenoxy) is 3. The van der Waals surface area contributed by atoms with Gasteiger partial charge in [0.1, 0.15) is 0 Å². The van der Waals surface area contributed by atoms with Crippen LogP contribution in [-0.2, 0) is 14.2 Å². The third kappa shape index (κ3) is 5.80. The molecule has 0 saturated carbocycles. The standard InChI is InChI=1S/C16H30O3/c1-13(7-9-15-5-3-11-17-15)19-14(2)8-10-16-6-4-12-18-16/h13-16H,3-12H2,1-2H3. The van der Waals surface area contributed by atoms with E-state index < -0.39 is 0 Å². The Morgan fingerprint density at radius 2 is 1.37 bits per heavy atom. The van der Waals surface area contributed by atoms with Crippen LogP contribution in [0.1, 0.15) is 65.2 Å². The maximum Gasteiger partial charge on any atom is 0.0577 e. The summed E-state index contributed by atoms with van der Waals surface area (Å²) in [5.74, 6) is 0. The zero-order chi connectivity index (χ0) is 13.5. The number of hydrogen-bond acceptors (Lipinski definition) is 3. The van der Waals surface area contributed by atoms with Crippen LogP contribution in [0.4, 0.5) is 0 Å². The van der Waals surface area contributed by atoms with Gasteiger partial charge in [-0.2, -0.15) is 0 Å². The summed E-state index contributed by atoms with van der Waals surface area (Å²) in [6.45, 7) is 6.30. The first-order valence-corrected chi connectivity index (χ1v) is 8.12. The molecule has 4 unspecified atom stereocenters. The molecule has 2 aliphatic heterocycles. The lowest BCUT2D eigenvalue weighted by atomic mass is 10.1. The highest BCUT2D eigenvalue weighted by Crippen LogP contribution is 2.21. The smallest absolute Gasteiger partial charge is 0.0577 e. The van der Waals surface area contributed by atoms with E-state index in [2.05, 4.69) is 13.8 Å². The van der Waals surface area contributed by atoms with Gasteiger partial charge in [0.15, 0.2) is 0 Å². The highest BCUT2D eigenvalue weighted by atomic mass is 16.5. The Kier molecular flexibility index (Phi) is 6.62. The van der Waals surface area contributed by atoms with E-state index in [1.54, 1.807) is 0 Å². The highest BCUT2D eigenvalue weighted by Gasteiger charge is 2.19. The van der Waals surface area contributed by atoms with Gasteiger partial charge >= 0.3 is 0 Å². The van der Waals surface area contributed by atoms with Gasteiger partial charge in [-0.25, -0.2) is 0 Å². The van der Waals surface area contributed by atoms with Gasteiger partial charge in [0.2, 0.25) is 0 Å². The molecule has 19 heavy (non-hydrogen) atoms. The Balaban J connectivity index is 1.51. The van der Waals surface area contributed by atoms with Crippen LogP contribution in [0, 0.1) is 0 Å². The minimum atomic E-state index is 0.351. The molecule has 2 heterocycles. The maximum atomic E-state index is 6.06. The molecule has 0 aliphatic carbocycles. The predicted octanol–water partition coefficient (Wildman–Crippen LogP) is 3.70. The normalized spacial score (nSPS) is 30.6. The molecule has 0 aromatic carbocycles. The van der Waals surface area contributed by atoms with E-state index in [1.165, 1.54) is 25.7 Å². The third-order valence-corrected chi connectivity index (χ3v) is 4.30. The quantitative estimate of drug-likeness (QED) is 0.673. The van der Waals surface area contributed by atoms with Crippen molar-refractivity contribution in [3.63, 3.8) is 0 Å². The first kappa shape index (κ1) is 15.3. The summed E-state index contributed by atoms with van der Waals surface area (Å²) in [5, 5.41) is 0. The molecule has 0 spiro atoms. The SMILES string of the molecule is CC(CCC1CCCO1)OC(C)CCC1CCCO1. The highest BCUT2D eigenvalue weighted by molar-refractivity contribution is 4.69. The van der Waals surface area contributed by atoms with Crippen molar-refractivity contribution in [2.45, 2.75) is 89.6 Å². The first-order valence-electron chi connectivity index (χ1n) is 8.12. The second-order valence-corrected chi connectivity index (χ2v) is 6.18. The lowest BCUT2D eigenvalue weighted by Gasteiger charge is -2.21. The van der Waals surface area contributed by atoms with Gasteiger partial charge in [-0.05, 0) is 65.2 Å². The summed E-state index contributed by atoms with van der Waals surface area (Å²) >= 11 is 0. The van der Waals surface area contributed by atoms with Crippen molar-refractivity contribution in [3.05, 3.63) is 0 Å². The zero-order valence-electron chi connectivity index (χ0n) is 12.6. The van der Waals surface area contributed by atoms with E-state index in [9.17, 15) is 0 Å². The molecule has 2 saturated heterocycles. The summed E-state index contributed by atoms with van der Waals surface area (Å²) < 4.78 is 17.4. The molecular formula is C16H30O3. The Labute approximate surface area is 118 Å². The molecule has 3 nitrogen and oxygen atoms in total. The summed E-state index contributed by atoms with van der Waals surface area (Å²) in [6.07, 6.45) is 11.2. The van der Waals surface area contributed by atoms with E-state index >= 15 is 0 Å². The molecule has 3 heteroatoms. The van der Waals surface area contributed by atoms with E-state index in [0.717, 1.165) is 38.9 Å². The fraction of sp³-hybridized carbons (Fsp3) is 1.00.